The molecule has 0 fully saturated rings. The van der Waals surface area contributed by atoms with Crippen LogP contribution >= 0.6 is 23.2 Å². The molecule has 2 N–H and O–H groups in total. The van der Waals surface area contributed by atoms with Crippen molar-refractivity contribution >= 4 is 35.1 Å². The molecular weight excluding hydrogens is 243 g/mol. The Labute approximate surface area is 95.7 Å². The van der Waals surface area contributed by atoms with E-state index < -0.39 is 11.5 Å². The molecule has 1 rings (SSSR count). The van der Waals surface area contributed by atoms with Crippen LogP contribution in [-0.4, -0.2) is 31.6 Å². The SMILES string of the molecule is CC(C)(Nc1nc(Cl)nc(Cl)n1)C(=O)O. The normalized spacial score (nSPS) is 11.2. The number of nitrogens with zero attached hydrogens (tertiary/aromatic N) is 3. The van der Waals surface area contributed by atoms with Gasteiger partial charge in [0.2, 0.25) is 16.5 Å². The van der Waals surface area contributed by atoms with Crippen molar-refractivity contribution in [2.45, 2.75) is 19.4 Å². The predicted molar refractivity (Wildman–Crippen MR) is 55.2 cm³/mol. The average Bonchev–Trinajstić information content (AvgIpc) is 1.99. The van der Waals surface area contributed by atoms with E-state index in [-0.39, 0.29) is 16.5 Å². The minimum atomic E-state index is -1.21. The molecule has 0 aliphatic heterocycles. The number of rotatable bonds is 3. The fourth-order valence-corrected chi connectivity index (χ4v) is 1.08. The number of aliphatic carboxylic acids is 1. The van der Waals surface area contributed by atoms with Gasteiger partial charge in [0.25, 0.3) is 0 Å². The number of aromatic nitrogens is 3. The Morgan fingerprint density at radius 2 is 1.73 bits per heavy atom. The van der Waals surface area contributed by atoms with Gasteiger partial charge in [0, 0.05) is 0 Å². The van der Waals surface area contributed by atoms with Gasteiger partial charge in [-0.15, -0.1) is 0 Å². The number of halogens is 2. The molecule has 0 aliphatic carbocycles. The van der Waals surface area contributed by atoms with Crippen LogP contribution in [0, 0.1) is 0 Å². The average molecular weight is 251 g/mol. The molecule has 0 bridgehead atoms. The summed E-state index contributed by atoms with van der Waals surface area (Å²) in [5, 5.41) is 11.2. The highest BCUT2D eigenvalue weighted by Crippen LogP contribution is 2.14. The van der Waals surface area contributed by atoms with Crippen molar-refractivity contribution in [1.29, 1.82) is 0 Å². The molecule has 1 aromatic heterocycles. The summed E-state index contributed by atoms with van der Waals surface area (Å²) in [4.78, 5) is 21.7. The molecular formula is C7H8Cl2N4O2. The molecule has 0 amide bonds. The monoisotopic (exact) mass is 250 g/mol. The Morgan fingerprint density at radius 3 is 2.13 bits per heavy atom. The van der Waals surface area contributed by atoms with Crippen LogP contribution in [0.3, 0.4) is 0 Å². The Balaban J connectivity index is 2.94. The summed E-state index contributed by atoms with van der Waals surface area (Å²) in [7, 11) is 0. The van der Waals surface area contributed by atoms with Crippen molar-refractivity contribution < 1.29 is 9.90 Å². The van der Waals surface area contributed by atoms with Crippen molar-refractivity contribution in [1.82, 2.24) is 15.0 Å². The lowest BCUT2D eigenvalue weighted by Gasteiger charge is -2.20. The standard InChI is InChI=1S/C7H8Cl2N4O2/c1-7(2,3(14)15)13-6-11-4(8)10-5(9)12-6/h1-2H3,(H,14,15)(H,10,11,12,13). The van der Waals surface area contributed by atoms with Crippen LogP contribution in [0.2, 0.25) is 10.6 Å². The number of hydrogen-bond acceptors (Lipinski definition) is 5. The Kier molecular flexibility index (Phi) is 3.31. The second kappa shape index (κ2) is 4.16. The summed E-state index contributed by atoms with van der Waals surface area (Å²) < 4.78 is 0. The van der Waals surface area contributed by atoms with Crippen LogP contribution in [0.25, 0.3) is 0 Å². The Bertz CT molecular complexity index is 376. The molecule has 0 spiro atoms. The first-order chi connectivity index (χ1) is 6.81. The lowest BCUT2D eigenvalue weighted by Crippen LogP contribution is -2.40. The number of carboxylic acids is 1. The van der Waals surface area contributed by atoms with E-state index in [4.69, 9.17) is 28.3 Å². The second-order valence-electron chi connectivity index (χ2n) is 3.25. The highest BCUT2D eigenvalue weighted by molar-refractivity contribution is 6.31. The summed E-state index contributed by atoms with van der Waals surface area (Å²) in [5.74, 6) is -1.03. The molecule has 0 saturated carbocycles. The fourth-order valence-electron chi connectivity index (χ4n) is 0.715. The summed E-state index contributed by atoms with van der Waals surface area (Å²) in [5.41, 5.74) is -1.21. The largest absolute Gasteiger partial charge is 0.480 e. The number of hydrogen-bond donors (Lipinski definition) is 2. The zero-order valence-electron chi connectivity index (χ0n) is 7.95. The number of nitrogens with one attached hydrogen (secondary N) is 1. The van der Waals surface area contributed by atoms with Crippen molar-refractivity contribution in [3.05, 3.63) is 10.6 Å². The zero-order valence-corrected chi connectivity index (χ0v) is 9.46. The van der Waals surface area contributed by atoms with Gasteiger partial charge in [0.05, 0.1) is 0 Å². The van der Waals surface area contributed by atoms with Crippen LogP contribution in [0.1, 0.15) is 13.8 Å². The molecule has 0 unspecified atom stereocenters. The number of carboxylic acid groups (broad SMARTS) is 1. The maximum atomic E-state index is 10.8. The molecule has 1 heterocycles. The van der Waals surface area contributed by atoms with Gasteiger partial charge in [-0.2, -0.15) is 15.0 Å². The van der Waals surface area contributed by atoms with E-state index in [2.05, 4.69) is 20.3 Å². The van der Waals surface area contributed by atoms with E-state index in [1.165, 1.54) is 13.8 Å². The summed E-state index contributed by atoms with van der Waals surface area (Å²) >= 11 is 11.0. The van der Waals surface area contributed by atoms with Crippen molar-refractivity contribution in [3.8, 4) is 0 Å². The van der Waals surface area contributed by atoms with Gasteiger partial charge < -0.3 is 10.4 Å². The van der Waals surface area contributed by atoms with Crippen molar-refractivity contribution in [2.75, 3.05) is 5.32 Å². The number of carbonyl (C=O) groups is 1. The first kappa shape index (κ1) is 11.9. The van der Waals surface area contributed by atoms with E-state index >= 15 is 0 Å². The van der Waals surface area contributed by atoms with Crippen molar-refractivity contribution in [3.63, 3.8) is 0 Å². The quantitative estimate of drug-likeness (QED) is 0.845. The van der Waals surface area contributed by atoms with E-state index in [1.807, 2.05) is 0 Å². The zero-order chi connectivity index (χ0) is 11.6. The lowest BCUT2D eigenvalue weighted by atomic mass is 10.1. The van der Waals surface area contributed by atoms with Crippen molar-refractivity contribution in [2.24, 2.45) is 0 Å². The number of anilines is 1. The Hall–Kier alpha value is -1.14. The highest BCUT2D eigenvalue weighted by atomic mass is 35.5. The van der Waals surface area contributed by atoms with Crippen LogP contribution < -0.4 is 5.32 Å². The third-order valence-corrected chi connectivity index (χ3v) is 1.88. The third kappa shape index (κ3) is 3.17. The first-order valence-electron chi connectivity index (χ1n) is 3.90. The van der Waals surface area contributed by atoms with Crippen LogP contribution in [0.4, 0.5) is 5.95 Å². The van der Waals surface area contributed by atoms with Gasteiger partial charge >= 0.3 is 5.97 Å². The van der Waals surface area contributed by atoms with E-state index in [0.29, 0.717) is 0 Å². The maximum absolute atomic E-state index is 10.8. The van der Waals surface area contributed by atoms with E-state index in [1.54, 1.807) is 0 Å². The maximum Gasteiger partial charge on any atom is 0.328 e. The van der Waals surface area contributed by atoms with Gasteiger partial charge in [-0.05, 0) is 37.0 Å². The van der Waals surface area contributed by atoms with Crippen LogP contribution in [0.15, 0.2) is 0 Å². The summed E-state index contributed by atoms with van der Waals surface area (Å²) in [6.07, 6.45) is 0. The minimum absolute atomic E-state index is 0.0207. The molecule has 6 nitrogen and oxygen atoms in total. The van der Waals surface area contributed by atoms with E-state index in [0.717, 1.165) is 0 Å². The molecule has 0 radical (unpaired) electrons. The molecule has 0 atom stereocenters. The van der Waals surface area contributed by atoms with Crippen LogP contribution in [-0.2, 0) is 4.79 Å². The van der Waals surface area contributed by atoms with Gasteiger partial charge in [-0.1, -0.05) is 0 Å². The van der Waals surface area contributed by atoms with E-state index in [9.17, 15) is 4.79 Å². The second-order valence-corrected chi connectivity index (χ2v) is 3.93. The smallest absolute Gasteiger partial charge is 0.328 e. The van der Waals surface area contributed by atoms with Gasteiger partial charge in [-0.3, -0.25) is 0 Å². The molecule has 8 heteroatoms. The fraction of sp³-hybridized carbons (Fsp3) is 0.429. The molecule has 1 aromatic rings. The Morgan fingerprint density at radius 1 is 1.27 bits per heavy atom. The summed E-state index contributed by atoms with van der Waals surface area (Å²) in [6.45, 7) is 2.92. The summed E-state index contributed by atoms with van der Waals surface area (Å²) in [6, 6.07) is 0. The molecule has 0 aromatic carbocycles. The van der Waals surface area contributed by atoms with Gasteiger partial charge in [0.1, 0.15) is 5.54 Å². The highest BCUT2D eigenvalue weighted by Gasteiger charge is 2.28. The van der Waals surface area contributed by atoms with Crippen LogP contribution in [0.5, 0.6) is 0 Å². The minimum Gasteiger partial charge on any atom is -0.480 e. The van der Waals surface area contributed by atoms with Gasteiger partial charge in [0.15, 0.2) is 0 Å². The third-order valence-electron chi connectivity index (χ3n) is 1.54. The van der Waals surface area contributed by atoms with Gasteiger partial charge in [-0.25, -0.2) is 4.79 Å². The predicted octanol–water partition coefficient (Wildman–Crippen LogP) is 1.45. The molecule has 82 valence electrons. The molecule has 0 saturated heterocycles. The molecule has 15 heavy (non-hydrogen) atoms. The lowest BCUT2D eigenvalue weighted by molar-refractivity contribution is -0.141. The topological polar surface area (TPSA) is 88.0 Å². The first-order valence-corrected chi connectivity index (χ1v) is 4.65. The molecule has 0 aliphatic rings.